The summed E-state index contributed by atoms with van der Waals surface area (Å²) in [7, 11) is 0. The molecule has 1 unspecified atom stereocenters. The van der Waals surface area contributed by atoms with Crippen LogP contribution >= 0.6 is 11.8 Å². The molecule has 0 aliphatic heterocycles. The van der Waals surface area contributed by atoms with Gasteiger partial charge in [-0.2, -0.15) is 0 Å². The van der Waals surface area contributed by atoms with Crippen LogP contribution in [0.15, 0.2) is 35.2 Å². The molecule has 0 aromatic heterocycles. The van der Waals surface area contributed by atoms with Crippen LogP contribution in [0.3, 0.4) is 0 Å². The molecule has 0 aliphatic carbocycles. The van der Waals surface area contributed by atoms with E-state index in [4.69, 9.17) is 0 Å². The summed E-state index contributed by atoms with van der Waals surface area (Å²) >= 11 is 0.131. The van der Waals surface area contributed by atoms with Gasteiger partial charge in [0.25, 0.3) is 0 Å². The van der Waals surface area contributed by atoms with E-state index >= 15 is 0 Å². The molecule has 0 heterocycles. The Morgan fingerprint density at radius 3 is 1.67 bits per heavy atom. The van der Waals surface area contributed by atoms with Crippen molar-refractivity contribution in [2.45, 2.75) is 101 Å². The molecular formula is C22H40SSn. The Hall–Kier alpha value is 0.369. The predicted octanol–water partition coefficient (Wildman–Crippen LogP) is 8.34. The van der Waals surface area contributed by atoms with Gasteiger partial charge in [0.1, 0.15) is 0 Å². The van der Waals surface area contributed by atoms with Crippen LogP contribution in [-0.2, 0) is 0 Å². The van der Waals surface area contributed by atoms with Gasteiger partial charge in [0.15, 0.2) is 0 Å². The van der Waals surface area contributed by atoms with Crippen molar-refractivity contribution in [1.29, 1.82) is 0 Å². The SMILES string of the molecule is CCC[CH2][Sn]([CH2]CCC)([CH2]CCC)[CH](CCC)Sc1ccccc1. The number of hydrogen-bond donors (Lipinski definition) is 0. The summed E-state index contributed by atoms with van der Waals surface area (Å²) in [6.07, 6.45) is 11.4. The summed E-state index contributed by atoms with van der Waals surface area (Å²) in [6.45, 7) is 9.55. The van der Waals surface area contributed by atoms with E-state index in [0.29, 0.717) is 0 Å². The first-order chi connectivity index (χ1) is 11.7. The van der Waals surface area contributed by atoms with Gasteiger partial charge in [0, 0.05) is 0 Å². The van der Waals surface area contributed by atoms with E-state index in [1.165, 1.54) is 56.3 Å². The summed E-state index contributed by atoms with van der Waals surface area (Å²) in [4.78, 5) is 1.52. The van der Waals surface area contributed by atoms with E-state index in [1.54, 1.807) is 13.3 Å². The second-order valence-corrected chi connectivity index (χ2v) is 23.9. The van der Waals surface area contributed by atoms with Crippen LogP contribution in [0, 0.1) is 0 Å². The molecule has 1 aromatic carbocycles. The van der Waals surface area contributed by atoms with Crippen molar-refractivity contribution >= 4 is 30.1 Å². The third-order valence-corrected chi connectivity index (χ3v) is 27.0. The van der Waals surface area contributed by atoms with Gasteiger partial charge in [0.2, 0.25) is 0 Å². The van der Waals surface area contributed by atoms with Gasteiger partial charge >= 0.3 is 161 Å². The quantitative estimate of drug-likeness (QED) is 0.201. The average molecular weight is 455 g/mol. The second-order valence-electron chi connectivity index (χ2n) is 7.38. The first kappa shape index (κ1) is 22.4. The Labute approximate surface area is 160 Å². The van der Waals surface area contributed by atoms with Crippen LogP contribution in [-0.4, -0.2) is 21.6 Å². The van der Waals surface area contributed by atoms with Crippen molar-refractivity contribution < 1.29 is 0 Å². The number of benzene rings is 1. The second kappa shape index (κ2) is 13.6. The summed E-state index contributed by atoms with van der Waals surface area (Å²) < 4.78 is 5.89. The van der Waals surface area contributed by atoms with Gasteiger partial charge in [-0.25, -0.2) is 0 Å². The van der Waals surface area contributed by atoms with Crippen molar-refractivity contribution in [2.75, 3.05) is 0 Å². The van der Waals surface area contributed by atoms with Crippen LogP contribution in [0.25, 0.3) is 0 Å². The van der Waals surface area contributed by atoms with Gasteiger partial charge in [-0.15, -0.1) is 0 Å². The summed E-state index contributed by atoms with van der Waals surface area (Å²) in [5, 5.41) is 0. The third-order valence-electron chi connectivity index (χ3n) is 5.34. The fraction of sp³-hybridized carbons (Fsp3) is 0.727. The standard InChI is InChI=1S/C10H13S.3C4H9.Sn/c1-2-3-9-11-10-7-5-4-6-8-10;3*1-3-4-2;/h4-9H,2-3H2,1H3;3*1,3-4H2,2H3;. The van der Waals surface area contributed by atoms with E-state index in [9.17, 15) is 0 Å². The molecule has 0 bridgehead atoms. The molecule has 138 valence electrons. The van der Waals surface area contributed by atoms with Crippen molar-refractivity contribution in [3.05, 3.63) is 30.3 Å². The molecule has 0 saturated heterocycles. The molecule has 0 radical (unpaired) electrons. The fourth-order valence-electron chi connectivity index (χ4n) is 3.86. The monoisotopic (exact) mass is 456 g/mol. The van der Waals surface area contributed by atoms with Crippen LogP contribution in [0.5, 0.6) is 0 Å². The maximum atomic E-state index is 2.40. The topological polar surface area (TPSA) is 0 Å². The first-order valence-corrected chi connectivity index (χ1v) is 19.0. The zero-order chi connectivity index (χ0) is 17.7. The number of hydrogen-bond acceptors (Lipinski definition) is 1. The molecule has 0 saturated carbocycles. The Morgan fingerprint density at radius 2 is 1.25 bits per heavy atom. The van der Waals surface area contributed by atoms with Crippen molar-refractivity contribution in [3.8, 4) is 0 Å². The zero-order valence-electron chi connectivity index (χ0n) is 16.7. The molecule has 0 N–H and O–H groups in total. The molecule has 1 rings (SSSR count). The molecular weight excluding hydrogens is 415 g/mol. The van der Waals surface area contributed by atoms with Crippen molar-refractivity contribution in [3.63, 3.8) is 0 Å². The molecule has 1 aromatic rings. The normalized spacial score (nSPS) is 13.2. The molecule has 1 atom stereocenters. The Balaban J connectivity index is 3.04. The van der Waals surface area contributed by atoms with E-state index in [1.807, 2.05) is 0 Å². The first-order valence-electron chi connectivity index (χ1n) is 10.4. The third kappa shape index (κ3) is 7.72. The molecule has 2 heteroatoms. The minimum absolute atomic E-state index is 0.983. The van der Waals surface area contributed by atoms with E-state index in [-0.39, 0.29) is 0 Å². The molecule has 0 spiro atoms. The minimum atomic E-state index is -2.13. The Kier molecular flexibility index (Phi) is 12.7. The van der Waals surface area contributed by atoms with Crippen LogP contribution in [0.2, 0.25) is 13.3 Å². The van der Waals surface area contributed by atoms with Crippen molar-refractivity contribution in [1.82, 2.24) is 0 Å². The zero-order valence-corrected chi connectivity index (χ0v) is 20.3. The summed E-state index contributed by atoms with van der Waals surface area (Å²) in [5.41, 5.74) is 0. The van der Waals surface area contributed by atoms with Gasteiger partial charge < -0.3 is 0 Å². The van der Waals surface area contributed by atoms with Crippen LogP contribution in [0.4, 0.5) is 0 Å². The number of rotatable bonds is 14. The van der Waals surface area contributed by atoms with Crippen LogP contribution < -0.4 is 0 Å². The number of unbranched alkanes of at least 4 members (excludes halogenated alkanes) is 3. The molecule has 0 aliphatic rings. The van der Waals surface area contributed by atoms with E-state index in [0.717, 1.165) is 3.27 Å². The molecule has 0 fully saturated rings. The van der Waals surface area contributed by atoms with Gasteiger partial charge in [-0.05, 0) is 0 Å². The molecule has 0 nitrogen and oxygen atoms in total. The summed E-state index contributed by atoms with van der Waals surface area (Å²) in [6, 6.07) is 11.3. The molecule has 0 amide bonds. The summed E-state index contributed by atoms with van der Waals surface area (Å²) in [5.74, 6) is 0. The number of thioether (sulfide) groups is 1. The van der Waals surface area contributed by atoms with Gasteiger partial charge in [-0.3, -0.25) is 0 Å². The maximum absolute atomic E-state index is 2.40. The Bertz CT molecular complexity index is 382. The van der Waals surface area contributed by atoms with Gasteiger partial charge in [0.05, 0.1) is 0 Å². The fourth-order valence-corrected chi connectivity index (χ4v) is 27.3. The molecule has 24 heavy (non-hydrogen) atoms. The van der Waals surface area contributed by atoms with E-state index < -0.39 is 18.4 Å². The van der Waals surface area contributed by atoms with Crippen molar-refractivity contribution in [2.24, 2.45) is 0 Å². The average Bonchev–Trinajstić information content (AvgIpc) is 2.62. The Morgan fingerprint density at radius 1 is 0.750 bits per heavy atom. The van der Waals surface area contributed by atoms with E-state index in [2.05, 4.69) is 69.8 Å². The van der Waals surface area contributed by atoms with Gasteiger partial charge in [-0.1, -0.05) is 0 Å². The predicted molar refractivity (Wildman–Crippen MR) is 116 cm³/mol. The van der Waals surface area contributed by atoms with Crippen LogP contribution in [0.1, 0.15) is 79.1 Å².